The van der Waals surface area contributed by atoms with Crippen molar-refractivity contribution in [3.05, 3.63) is 59.7 Å². The summed E-state index contributed by atoms with van der Waals surface area (Å²) in [5.74, 6) is 1.43. The van der Waals surface area contributed by atoms with Gasteiger partial charge < -0.3 is 4.90 Å². The summed E-state index contributed by atoms with van der Waals surface area (Å²) in [7, 11) is 0. The number of rotatable bonds is 2. The van der Waals surface area contributed by atoms with Gasteiger partial charge in [-0.1, -0.05) is 19.9 Å². The summed E-state index contributed by atoms with van der Waals surface area (Å²) in [5.41, 5.74) is 4.07. The quantitative estimate of drug-likeness (QED) is 0.692. The van der Waals surface area contributed by atoms with Crippen LogP contribution in [0.5, 0.6) is 0 Å². The largest absolute Gasteiger partial charge is 0.325 e. The molecule has 27 heavy (non-hydrogen) atoms. The molecule has 0 saturated carbocycles. The fraction of sp³-hybridized carbons (Fsp3) is 0.286. The molecule has 1 aliphatic rings. The van der Waals surface area contributed by atoms with Crippen LogP contribution in [0.15, 0.2) is 42.9 Å². The first kappa shape index (κ1) is 17.1. The molecule has 134 valence electrons. The second-order valence-electron chi connectivity index (χ2n) is 7.39. The minimum absolute atomic E-state index is 0.0375. The monoisotopic (exact) mass is 356 g/mol. The van der Waals surface area contributed by atoms with Crippen LogP contribution in [0.25, 0.3) is 11.5 Å². The molecule has 0 unspecified atom stereocenters. The molecule has 0 saturated heterocycles. The van der Waals surface area contributed by atoms with E-state index >= 15 is 0 Å². The minimum Gasteiger partial charge on any atom is -0.325 e. The SMILES string of the molecule is Cc1cccc(-c2ncc3c(n2)N(c2ccncc2C#N)CCC3(C)C)n1. The fourth-order valence-electron chi connectivity index (χ4n) is 3.42. The number of aryl methyl sites for hydroxylation is 1. The average Bonchev–Trinajstić information content (AvgIpc) is 2.68. The second-order valence-corrected chi connectivity index (χ2v) is 7.39. The molecule has 3 aromatic rings. The summed E-state index contributed by atoms with van der Waals surface area (Å²) in [5, 5.41) is 9.50. The van der Waals surface area contributed by atoms with E-state index in [-0.39, 0.29) is 5.41 Å². The van der Waals surface area contributed by atoms with E-state index in [9.17, 15) is 5.26 Å². The molecule has 4 heterocycles. The number of nitriles is 1. The van der Waals surface area contributed by atoms with Gasteiger partial charge in [0.25, 0.3) is 0 Å². The average molecular weight is 356 g/mol. The Morgan fingerprint density at radius 2 is 2.00 bits per heavy atom. The minimum atomic E-state index is -0.0375. The van der Waals surface area contributed by atoms with E-state index in [0.29, 0.717) is 11.4 Å². The van der Waals surface area contributed by atoms with E-state index in [1.54, 1.807) is 12.4 Å². The van der Waals surface area contributed by atoms with E-state index in [2.05, 4.69) is 39.8 Å². The zero-order valence-electron chi connectivity index (χ0n) is 15.6. The predicted molar refractivity (Wildman–Crippen MR) is 104 cm³/mol. The molecule has 0 spiro atoms. The Hall–Kier alpha value is -3.33. The van der Waals surface area contributed by atoms with E-state index in [1.807, 2.05) is 37.4 Å². The molecule has 0 atom stereocenters. The van der Waals surface area contributed by atoms with Crippen molar-refractivity contribution < 1.29 is 0 Å². The Balaban J connectivity index is 1.90. The Morgan fingerprint density at radius 1 is 1.15 bits per heavy atom. The van der Waals surface area contributed by atoms with Crippen molar-refractivity contribution >= 4 is 11.5 Å². The number of hydrogen-bond donors (Lipinski definition) is 0. The van der Waals surface area contributed by atoms with Gasteiger partial charge >= 0.3 is 0 Å². The third kappa shape index (κ3) is 3.02. The van der Waals surface area contributed by atoms with Gasteiger partial charge in [-0.3, -0.25) is 4.98 Å². The van der Waals surface area contributed by atoms with Gasteiger partial charge in [0.15, 0.2) is 5.82 Å². The summed E-state index contributed by atoms with van der Waals surface area (Å²) in [4.78, 5) is 20.2. The van der Waals surface area contributed by atoms with Crippen molar-refractivity contribution in [3.63, 3.8) is 0 Å². The molecule has 0 aliphatic carbocycles. The topological polar surface area (TPSA) is 78.6 Å². The smallest absolute Gasteiger partial charge is 0.180 e. The lowest BCUT2D eigenvalue weighted by Crippen LogP contribution is -2.36. The molecule has 3 aromatic heterocycles. The van der Waals surface area contributed by atoms with Crippen LogP contribution in [-0.2, 0) is 5.41 Å². The zero-order valence-corrected chi connectivity index (χ0v) is 15.6. The molecule has 6 heteroatoms. The Labute approximate surface area is 158 Å². The van der Waals surface area contributed by atoms with Crippen LogP contribution >= 0.6 is 0 Å². The zero-order chi connectivity index (χ0) is 19.0. The maximum atomic E-state index is 9.50. The number of aromatic nitrogens is 4. The summed E-state index contributed by atoms with van der Waals surface area (Å²) in [6.07, 6.45) is 6.15. The van der Waals surface area contributed by atoms with Crippen molar-refractivity contribution in [1.82, 2.24) is 19.9 Å². The highest BCUT2D eigenvalue weighted by Gasteiger charge is 2.34. The van der Waals surface area contributed by atoms with Gasteiger partial charge in [0.2, 0.25) is 0 Å². The number of fused-ring (bicyclic) bond motifs is 1. The van der Waals surface area contributed by atoms with Gasteiger partial charge in [0, 0.05) is 36.4 Å². The number of pyridine rings is 2. The molecular formula is C21H20N6. The van der Waals surface area contributed by atoms with Gasteiger partial charge in [-0.15, -0.1) is 0 Å². The van der Waals surface area contributed by atoms with Crippen LogP contribution in [-0.4, -0.2) is 26.5 Å². The molecule has 4 rings (SSSR count). The van der Waals surface area contributed by atoms with Crippen LogP contribution in [0, 0.1) is 18.3 Å². The first-order valence-corrected chi connectivity index (χ1v) is 8.93. The summed E-state index contributed by atoms with van der Waals surface area (Å²) < 4.78 is 0. The first-order valence-electron chi connectivity index (χ1n) is 8.93. The van der Waals surface area contributed by atoms with Crippen molar-refractivity contribution in [2.45, 2.75) is 32.6 Å². The van der Waals surface area contributed by atoms with Crippen LogP contribution in [0.4, 0.5) is 11.5 Å². The number of anilines is 2. The molecule has 0 amide bonds. The van der Waals surface area contributed by atoms with Crippen molar-refractivity contribution in [2.24, 2.45) is 0 Å². The van der Waals surface area contributed by atoms with Gasteiger partial charge in [-0.2, -0.15) is 5.26 Å². The Kier molecular flexibility index (Phi) is 4.08. The lowest BCUT2D eigenvalue weighted by molar-refractivity contribution is 0.461. The summed E-state index contributed by atoms with van der Waals surface area (Å²) >= 11 is 0. The summed E-state index contributed by atoms with van der Waals surface area (Å²) in [6, 6.07) is 9.93. The lowest BCUT2D eigenvalue weighted by atomic mass is 9.79. The van der Waals surface area contributed by atoms with E-state index in [4.69, 9.17) is 4.98 Å². The predicted octanol–water partition coefficient (Wildman–Crippen LogP) is 3.93. The molecule has 0 fully saturated rings. The lowest BCUT2D eigenvalue weighted by Gasteiger charge is -2.39. The molecule has 0 radical (unpaired) electrons. The van der Waals surface area contributed by atoms with Crippen LogP contribution in [0.1, 0.15) is 37.1 Å². The Bertz CT molecular complexity index is 1050. The first-order chi connectivity index (χ1) is 13.0. The maximum Gasteiger partial charge on any atom is 0.180 e. The van der Waals surface area contributed by atoms with Crippen molar-refractivity contribution in [3.8, 4) is 17.6 Å². The Morgan fingerprint density at radius 3 is 2.78 bits per heavy atom. The van der Waals surface area contributed by atoms with Gasteiger partial charge in [-0.25, -0.2) is 15.0 Å². The van der Waals surface area contributed by atoms with Crippen LogP contribution in [0.3, 0.4) is 0 Å². The fourth-order valence-corrected chi connectivity index (χ4v) is 3.42. The molecule has 6 nitrogen and oxygen atoms in total. The molecular weight excluding hydrogens is 336 g/mol. The van der Waals surface area contributed by atoms with Gasteiger partial charge in [-0.05, 0) is 37.0 Å². The third-order valence-electron chi connectivity index (χ3n) is 5.04. The van der Waals surface area contributed by atoms with Crippen LogP contribution < -0.4 is 4.90 Å². The third-order valence-corrected chi connectivity index (χ3v) is 5.04. The molecule has 1 aliphatic heterocycles. The molecule has 0 aromatic carbocycles. The van der Waals surface area contributed by atoms with Gasteiger partial charge in [0.1, 0.15) is 17.6 Å². The highest BCUT2D eigenvalue weighted by atomic mass is 15.2. The maximum absolute atomic E-state index is 9.50. The van der Waals surface area contributed by atoms with Crippen molar-refractivity contribution in [2.75, 3.05) is 11.4 Å². The van der Waals surface area contributed by atoms with E-state index in [0.717, 1.165) is 41.4 Å². The second kappa shape index (κ2) is 6.44. The normalized spacial score (nSPS) is 15.1. The molecule has 0 bridgehead atoms. The molecule has 0 N–H and O–H groups in total. The van der Waals surface area contributed by atoms with E-state index < -0.39 is 0 Å². The van der Waals surface area contributed by atoms with E-state index in [1.165, 1.54) is 0 Å². The summed E-state index contributed by atoms with van der Waals surface area (Å²) in [6.45, 7) is 7.13. The van der Waals surface area contributed by atoms with Crippen LogP contribution in [0.2, 0.25) is 0 Å². The highest BCUT2D eigenvalue weighted by Crippen LogP contribution is 2.42. The number of nitrogens with zero attached hydrogens (tertiary/aromatic N) is 6. The highest BCUT2D eigenvalue weighted by molar-refractivity contribution is 5.71. The van der Waals surface area contributed by atoms with Gasteiger partial charge in [0.05, 0.1) is 11.3 Å². The number of hydrogen-bond acceptors (Lipinski definition) is 6. The standard InChI is InChI=1S/C21H20N6/c1-14-5-4-6-17(25-14)19-24-13-16-20(26-19)27(10-8-21(16,2)3)18-7-9-23-12-15(18)11-22/h4-7,9,12-13H,8,10H2,1-3H3. The van der Waals surface area contributed by atoms with Crippen molar-refractivity contribution in [1.29, 1.82) is 5.26 Å².